The smallest absolute Gasteiger partial charge is 0.148 e. The fourth-order valence-corrected chi connectivity index (χ4v) is 2.71. The summed E-state index contributed by atoms with van der Waals surface area (Å²) in [5, 5.41) is 19.8. The van der Waals surface area contributed by atoms with Gasteiger partial charge in [0.15, 0.2) is 0 Å². The van der Waals surface area contributed by atoms with Gasteiger partial charge in [-0.25, -0.2) is 9.97 Å². The summed E-state index contributed by atoms with van der Waals surface area (Å²) in [5.74, 6) is 0.407. The molecule has 0 bridgehead atoms. The molecule has 1 saturated heterocycles. The van der Waals surface area contributed by atoms with E-state index in [0.29, 0.717) is 17.9 Å². The Morgan fingerprint density at radius 2 is 2.33 bits per heavy atom. The number of allylic oxidation sites excluding steroid dienone is 1. The summed E-state index contributed by atoms with van der Waals surface area (Å²) in [6, 6.07) is 0. The standard InChI is InChI=1S/C14H18N4O3/c1-2-3-8-5-18(11-4-9(20)10(6-19)21-11)14-12(8)13(15)16-7-17-14/h2-3,5,7,9-11,19-20H,4,6H2,1H3,(H2,15,16,17)/t9-,10+,11+/m0/s1. The largest absolute Gasteiger partial charge is 0.394 e. The van der Waals surface area contributed by atoms with E-state index in [-0.39, 0.29) is 12.8 Å². The number of aromatic nitrogens is 3. The number of fused-ring (bicyclic) bond motifs is 1. The average molecular weight is 290 g/mol. The van der Waals surface area contributed by atoms with Crippen molar-refractivity contribution in [1.29, 1.82) is 0 Å². The van der Waals surface area contributed by atoms with Crippen molar-refractivity contribution in [2.24, 2.45) is 0 Å². The highest BCUT2D eigenvalue weighted by atomic mass is 16.5. The van der Waals surface area contributed by atoms with Gasteiger partial charge in [-0.15, -0.1) is 0 Å². The molecular weight excluding hydrogens is 272 g/mol. The third-order valence-corrected chi connectivity index (χ3v) is 3.71. The second-order valence-corrected chi connectivity index (χ2v) is 5.06. The molecule has 1 fully saturated rings. The fraction of sp³-hybridized carbons (Fsp3) is 0.429. The van der Waals surface area contributed by atoms with E-state index in [1.165, 1.54) is 6.33 Å². The highest BCUT2D eigenvalue weighted by Crippen LogP contribution is 2.34. The first-order valence-corrected chi connectivity index (χ1v) is 6.83. The van der Waals surface area contributed by atoms with Gasteiger partial charge >= 0.3 is 0 Å². The zero-order valence-electron chi connectivity index (χ0n) is 11.7. The molecule has 7 heteroatoms. The average Bonchev–Trinajstić information content (AvgIpc) is 3.01. The Morgan fingerprint density at radius 3 is 3.00 bits per heavy atom. The summed E-state index contributed by atoms with van der Waals surface area (Å²) in [7, 11) is 0. The van der Waals surface area contributed by atoms with Crippen LogP contribution in [0.15, 0.2) is 18.6 Å². The second kappa shape index (κ2) is 5.44. The number of hydrogen-bond acceptors (Lipinski definition) is 6. The van der Waals surface area contributed by atoms with Gasteiger partial charge in [0.1, 0.15) is 30.1 Å². The van der Waals surface area contributed by atoms with Gasteiger partial charge in [0.25, 0.3) is 0 Å². The van der Waals surface area contributed by atoms with Crippen molar-refractivity contribution in [3.8, 4) is 0 Å². The number of anilines is 1. The fourth-order valence-electron chi connectivity index (χ4n) is 2.71. The molecule has 2 aromatic heterocycles. The molecule has 3 atom stereocenters. The Morgan fingerprint density at radius 1 is 1.52 bits per heavy atom. The van der Waals surface area contributed by atoms with Crippen LogP contribution in [0.1, 0.15) is 25.1 Å². The summed E-state index contributed by atoms with van der Waals surface area (Å²) < 4.78 is 7.52. The van der Waals surface area contributed by atoms with Crippen molar-refractivity contribution in [2.75, 3.05) is 12.3 Å². The second-order valence-electron chi connectivity index (χ2n) is 5.06. The lowest BCUT2D eigenvalue weighted by Gasteiger charge is -2.14. The van der Waals surface area contributed by atoms with Crippen molar-refractivity contribution in [3.05, 3.63) is 24.2 Å². The third kappa shape index (κ3) is 2.29. The zero-order chi connectivity index (χ0) is 15.0. The first-order chi connectivity index (χ1) is 10.2. The minimum Gasteiger partial charge on any atom is -0.394 e. The highest BCUT2D eigenvalue weighted by Gasteiger charge is 2.35. The molecule has 2 aromatic rings. The van der Waals surface area contributed by atoms with Gasteiger partial charge in [0.2, 0.25) is 0 Å². The predicted octanol–water partition coefficient (Wildman–Crippen LogP) is 0.687. The van der Waals surface area contributed by atoms with Crippen molar-refractivity contribution in [3.63, 3.8) is 0 Å². The zero-order valence-corrected chi connectivity index (χ0v) is 11.7. The summed E-state index contributed by atoms with van der Waals surface area (Å²) >= 11 is 0. The molecular formula is C14H18N4O3. The van der Waals surface area contributed by atoms with Crippen LogP contribution in [0, 0.1) is 0 Å². The highest BCUT2D eigenvalue weighted by molar-refractivity contribution is 5.94. The van der Waals surface area contributed by atoms with Gasteiger partial charge in [0, 0.05) is 18.2 Å². The SMILES string of the molecule is CC=Cc1cn([C@H]2C[C@H](O)[C@@H](CO)O2)c2ncnc(N)c12. The van der Waals surface area contributed by atoms with E-state index in [1.54, 1.807) is 0 Å². The van der Waals surface area contributed by atoms with Crippen molar-refractivity contribution in [2.45, 2.75) is 31.8 Å². The van der Waals surface area contributed by atoms with E-state index in [0.717, 1.165) is 10.9 Å². The number of rotatable bonds is 3. The Hall–Kier alpha value is -1.96. The maximum atomic E-state index is 9.89. The van der Waals surface area contributed by atoms with Crippen molar-refractivity contribution < 1.29 is 14.9 Å². The van der Waals surface area contributed by atoms with Crippen LogP contribution < -0.4 is 5.73 Å². The summed E-state index contributed by atoms with van der Waals surface area (Å²) in [4.78, 5) is 8.30. The van der Waals surface area contributed by atoms with Crippen LogP contribution in [-0.4, -0.2) is 43.6 Å². The Bertz CT molecular complexity index is 682. The molecule has 3 heterocycles. The van der Waals surface area contributed by atoms with E-state index in [9.17, 15) is 10.2 Å². The molecule has 0 radical (unpaired) electrons. The minimum absolute atomic E-state index is 0.213. The molecule has 7 nitrogen and oxygen atoms in total. The minimum atomic E-state index is -0.693. The lowest BCUT2D eigenvalue weighted by atomic mass is 10.2. The van der Waals surface area contributed by atoms with Crippen LogP contribution in [0.2, 0.25) is 0 Å². The van der Waals surface area contributed by atoms with Crippen LogP contribution in [0.25, 0.3) is 17.1 Å². The monoisotopic (exact) mass is 290 g/mol. The number of nitrogens with zero attached hydrogens (tertiary/aromatic N) is 3. The molecule has 1 aliphatic heterocycles. The molecule has 0 spiro atoms. The molecule has 3 rings (SSSR count). The number of aliphatic hydroxyl groups is 2. The van der Waals surface area contributed by atoms with E-state index < -0.39 is 12.2 Å². The lowest BCUT2D eigenvalue weighted by Crippen LogP contribution is -2.24. The van der Waals surface area contributed by atoms with E-state index in [2.05, 4.69) is 9.97 Å². The number of nitrogen functional groups attached to an aromatic ring is 1. The van der Waals surface area contributed by atoms with Gasteiger partial charge in [0.05, 0.1) is 18.1 Å². The van der Waals surface area contributed by atoms with Crippen LogP contribution in [0.5, 0.6) is 0 Å². The summed E-state index contributed by atoms with van der Waals surface area (Å²) in [6.45, 7) is 1.70. The van der Waals surface area contributed by atoms with Gasteiger partial charge in [-0.3, -0.25) is 0 Å². The van der Waals surface area contributed by atoms with Gasteiger partial charge < -0.3 is 25.3 Å². The van der Waals surface area contributed by atoms with Gasteiger partial charge in [-0.05, 0) is 6.92 Å². The topological polar surface area (TPSA) is 106 Å². The molecule has 0 aromatic carbocycles. The molecule has 0 amide bonds. The maximum absolute atomic E-state index is 9.89. The lowest BCUT2D eigenvalue weighted by molar-refractivity contribution is -0.0430. The first kappa shape index (κ1) is 14.0. The number of nitrogens with two attached hydrogens (primary N) is 1. The van der Waals surface area contributed by atoms with E-state index in [1.807, 2.05) is 29.8 Å². The molecule has 1 aliphatic rings. The van der Waals surface area contributed by atoms with Crippen LogP contribution >= 0.6 is 0 Å². The van der Waals surface area contributed by atoms with Crippen LogP contribution in [-0.2, 0) is 4.74 Å². The molecule has 112 valence electrons. The Kier molecular flexibility index (Phi) is 3.62. The molecule has 0 unspecified atom stereocenters. The van der Waals surface area contributed by atoms with Crippen molar-refractivity contribution >= 4 is 22.9 Å². The summed E-state index contributed by atoms with van der Waals surface area (Å²) in [6.07, 6.45) is 5.87. The number of aliphatic hydroxyl groups excluding tert-OH is 2. The third-order valence-electron chi connectivity index (χ3n) is 3.71. The van der Waals surface area contributed by atoms with Crippen LogP contribution in [0.4, 0.5) is 5.82 Å². The van der Waals surface area contributed by atoms with Crippen molar-refractivity contribution in [1.82, 2.24) is 14.5 Å². The Balaban J connectivity index is 2.10. The van der Waals surface area contributed by atoms with Crippen LogP contribution in [0.3, 0.4) is 0 Å². The molecule has 21 heavy (non-hydrogen) atoms. The summed E-state index contributed by atoms with van der Waals surface area (Å²) in [5.41, 5.74) is 7.51. The Labute approximate surface area is 121 Å². The van der Waals surface area contributed by atoms with Gasteiger partial charge in [-0.1, -0.05) is 12.2 Å². The van der Waals surface area contributed by atoms with Gasteiger partial charge in [-0.2, -0.15) is 0 Å². The first-order valence-electron chi connectivity index (χ1n) is 6.83. The van der Waals surface area contributed by atoms with E-state index in [4.69, 9.17) is 10.5 Å². The molecule has 0 saturated carbocycles. The molecule has 0 aliphatic carbocycles. The normalized spacial score (nSPS) is 26.1. The molecule has 4 N–H and O–H groups in total. The predicted molar refractivity (Wildman–Crippen MR) is 78.3 cm³/mol. The number of ether oxygens (including phenoxy) is 1. The number of hydrogen-bond donors (Lipinski definition) is 3. The maximum Gasteiger partial charge on any atom is 0.148 e. The van der Waals surface area contributed by atoms with E-state index >= 15 is 0 Å². The quantitative estimate of drug-likeness (QED) is 0.767.